The first kappa shape index (κ1) is 16.2. The third kappa shape index (κ3) is 3.82. The molecular formula is C18H22N4O2. The van der Waals surface area contributed by atoms with Crippen molar-refractivity contribution in [2.24, 2.45) is 0 Å². The van der Waals surface area contributed by atoms with Gasteiger partial charge in [-0.3, -0.25) is 14.6 Å². The van der Waals surface area contributed by atoms with Gasteiger partial charge in [-0.15, -0.1) is 0 Å². The van der Waals surface area contributed by atoms with Crippen LogP contribution in [0, 0.1) is 0 Å². The summed E-state index contributed by atoms with van der Waals surface area (Å²) in [5.74, 6) is 0.276. The molecule has 1 aliphatic rings. The van der Waals surface area contributed by atoms with Gasteiger partial charge in [0, 0.05) is 19.2 Å². The second-order valence-electron chi connectivity index (χ2n) is 6.10. The van der Waals surface area contributed by atoms with Gasteiger partial charge in [0.25, 0.3) is 5.56 Å². The summed E-state index contributed by atoms with van der Waals surface area (Å²) in [4.78, 5) is 33.5. The van der Waals surface area contributed by atoms with Crippen LogP contribution in [-0.4, -0.2) is 29.0 Å². The number of amides is 1. The van der Waals surface area contributed by atoms with E-state index in [1.54, 1.807) is 0 Å². The van der Waals surface area contributed by atoms with Crippen molar-refractivity contribution in [3.05, 3.63) is 58.0 Å². The van der Waals surface area contributed by atoms with E-state index in [0.29, 0.717) is 11.6 Å². The Morgan fingerprint density at radius 1 is 1.29 bits per heavy atom. The van der Waals surface area contributed by atoms with Crippen molar-refractivity contribution in [3.8, 4) is 0 Å². The topological polar surface area (TPSA) is 78.1 Å². The average Bonchev–Trinajstić information content (AvgIpc) is 3.14. The summed E-state index contributed by atoms with van der Waals surface area (Å²) in [6, 6.07) is 11.1. The Morgan fingerprint density at radius 3 is 2.71 bits per heavy atom. The predicted octanol–water partition coefficient (Wildman–Crippen LogP) is 1.79. The van der Waals surface area contributed by atoms with E-state index in [0.717, 1.165) is 31.5 Å². The molecule has 0 saturated carbocycles. The largest absolute Gasteiger partial charge is 0.350 e. The minimum absolute atomic E-state index is 0.0778. The minimum Gasteiger partial charge on any atom is -0.350 e. The van der Waals surface area contributed by atoms with Gasteiger partial charge < -0.3 is 10.2 Å². The van der Waals surface area contributed by atoms with E-state index in [4.69, 9.17) is 0 Å². The molecule has 1 aromatic heterocycles. The van der Waals surface area contributed by atoms with E-state index < -0.39 is 0 Å². The molecule has 1 aromatic carbocycles. The molecule has 6 heteroatoms. The Labute approximate surface area is 140 Å². The van der Waals surface area contributed by atoms with Crippen LogP contribution in [-0.2, 0) is 11.3 Å². The second-order valence-corrected chi connectivity index (χ2v) is 6.10. The molecule has 126 valence electrons. The molecule has 1 aliphatic heterocycles. The minimum atomic E-state index is -0.244. The molecule has 3 rings (SSSR count). The van der Waals surface area contributed by atoms with Gasteiger partial charge in [-0.05, 0) is 25.3 Å². The van der Waals surface area contributed by atoms with Crippen LogP contribution in [0.2, 0.25) is 0 Å². The quantitative estimate of drug-likeness (QED) is 0.878. The van der Waals surface area contributed by atoms with E-state index in [9.17, 15) is 9.59 Å². The summed E-state index contributed by atoms with van der Waals surface area (Å²) in [5, 5.41) is 2.87. The highest BCUT2D eigenvalue weighted by atomic mass is 16.2. The Morgan fingerprint density at radius 2 is 2.00 bits per heavy atom. The third-order valence-corrected chi connectivity index (χ3v) is 4.32. The SMILES string of the molecule is CC(C(=O)NCc1cc(=O)[nH]c(N2CCCC2)n1)c1ccccc1. The maximum absolute atomic E-state index is 12.3. The molecule has 1 saturated heterocycles. The van der Waals surface area contributed by atoms with Crippen molar-refractivity contribution in [1.82, 2.24) is 15.3 Å². The van der Waals surface area contributed by atoms with Gasteiger partial charge in [0.15, 0.2) is 0 Å². The van der Waals surface area contributed by atoms with Crippen LogP contribution < -0.4 is 15.8 Å². The molecule has 0 bridgehead atoms. The zero-order valence-corrected chi connectivity index (χ0v) is 13.8. The number of hydrogen-bond acceptors (Lipinski definition) is 4. The maximum Gasteiger partial charge on any atom is 0.252 e. The third-order valence-electron chi connectivity index (χ3n) is 4.32. The molecule has 0 aliphatic carbocycles. The molecular weight excluding hydrogens is 304 g/mol. The summed E-state index contributed by atoms with van der Waals surface area (Å²) >= 11 is 0. The number of aromatic amines is 1. The molecule has 0 radical (unpaired) electrons. The number of carbonyl (C=O) groups excluding carboxylic acids is 1. The molecule has 24 heavy (non-hydrogen) atoms. The number of anilines is 1. The number of nitrogens with one attached hydrogen (secondary N) is 2. The second kappa shape index (κ2) is 7.29. The summed E-state index contributed by atoms with van der Waals surface area (Å²) in [6.07, 6.45) is 2.22. The standard InChI is InChI=1S/C18H22N4O2/c1-13(14-7-3-2-4-8-14)17(24)19-12-15-11-16(23)21-18(20-15)22-9-5-6-10-22/h2-4,7-8,11,13H,5-6,9-10,12H2,1H3,(H,19,24)(H,20,21,23). The van der Waals surface area contributed by atoms with Crippen LogP contribution in [0.15, 0.2) is 41.2 Å². The lowest BCUT2D eigenvalue weighted by Gasteiger charge is -2.16. The first-order chi connectivity index (χ1) is 11.6. The number of carbonyl (C=O) groups is 1. The smallest absolute Gasteiger partial charge is 0.252 e. The first-order valence-corrected chi connectivity index (χ1v) is 8.31. The lowest BCUT2D eigenvalue weighted by Crippen LogP contribution is -2.30. The average molecular weight is 326 g/mol. The Balaban J connectivity index is 1.65. The molecule has 6 nitrogen and oxygen atoms in total. The van der Waals surface area contributed by atoms with Crippen LogP contribution in [0.3, 0.4) is 0 Å². The molecule has 1 fully saturated rings. The fraction of sp³-hybridized carbons (Fsp3) is 0.389. The predicted molar refractivity (Wildman–Crippen MR) is 93.0 cm³/mol. The van der Waals surface area contributed by atoms with Gasteiger partial charge in [0.1, 0.15) is 0 Å². The van der Waals surface area contributed by atoms with Gasteiger partial charge in [-0.2, -0.15) is 0 Å². The lowest BCUT2D eigenvalue weighted by molar-refractivity contribution is -0.122. The van der Waals surface area contributed by atoms with Gasteiger partial charge in [0.2, 0.25) is 11.9 Å². The van der Waals surface area contributed by atoms with Crippen LogP contribution in [0.5, 0.6) is 0 Å². The fourth-order valence-corrected chi connectivity index (χ4v) is 2.89. The molecule has 1 unspecified atom stereocenters. The molecule has 2 aromatic rings. The van der Waals surface area contributed by atoms with E-state index in [1.807, 2.05) is 37.3 Å². The summed E-state index contributed by atoms with van der Waals surface area (Å²) in [7, 11) is 0. The molecule has 2 heterocycles. The van der Waals surface area contributed by atoms with Gasteiger partial charge in [-0.25, -0.2) is 4.98 Å². The Kier molecular flexibility index (Phi) is 4.93. The van der Waals surface area contributed by atoms with E-state index in [-0.39, 0.29) is 23.9 Å². The van der Waals surface area contributed by atoms with E-state index in [2.05, 4.69) is 20.2 Å². The van der Waals surface area contributed by atoms with Crippen molar-refractivity contribution in [2.75, 3.05) is 18.0 Å². The van der Waals surface area contributed by atoms with Crippen LogP contribution in [0.25, 0.3) is 0 Å². The normalized spacial score (nSPS) is 15.3. The monoisotopic (exact) mass is 326 g/mol. The van der Waals surface area contributed by atoms with Crippen LogP contribution in [0.1, 0.15) is 36.9 Å². The Hall–Kier alpha value is -2.63. The lowest BCUT2D eigenvalue weighted by atomic mass is 10.0. The van der Waals surface area contributed by atoms with Crippen LogP contribution in [0.4, 0.5) is 5.95 Å². The highest BCUT2D eigenvalue weighted by molar-refractivity contribution is 5.83. The number of H-pyrrole nitrogens is 1. The van der Waals surface area contributed by atoms with Gasteiger partial charge in [-0.1, -0.05) is 30.3 Å². The molecule has 1 atom stereocenters. The first-order valence-electron chi connectivity index (χ1n) is 8.31. The summed E-state index contributed by atoms with van der Waals surface area (Å²) in [6.45, 7) is 3.93. The van der Waals surface area contributed by atoms with Gasteiger partial charge >= 0.3 is 0 Å². The number of hydrogen-bond donors (Lipinski definition) is 2. The fourth-order valence-electron chi connectivity index (χ4n) is 2.89. The van der Waals surface area contributed by atoms with Gasteiger partial charge in [0.05, 0.1) is 18.2 Å². The van der Waals surface area contributed by atoms with E-state index >= 15 is 0 Å². The Bertz CT molecular complexity index is 751. The number of benzene rings is 1. The number of aromatic nitrogens is 2. The van der Waals surface area contributed by atoms with Crippen molar-refractivity contribution in [3.63, 3.8) is 0 Å². The molecule has 2 N–H and O–H groups in total. The highest BCUT2D eigenvalue weighted by Gasteiger charge is 2.17. The zero-order valence-electron chi connectivity index (χ0n) is 13.8. The maximum atomic E-state index is 12.3. The number of rotatable bonds is 5. The molecule has 0 spiro atoms. The van der Waals surface area contributed by atoms with Crippen molar-refractivity contribution >= 4 is 11.9 Å². The highest BCUT2D eigenvalue weighted by Crippen LogP contribution is 2.16. The van der Waals surface area contributed by atoms with Crippen molar-refractivity contribution in [2.45, 2.75) is 32.2 Å². The summed E-state index contributed by atoms with van der Waals surface area (Å²) in [5.41, 5.74) is 1.35. The van der Waals surface area contributed by atoms with Crippen molar-refractivity contribution < 1.29 is 4.79 Å². The van der Waals surface area contributed by atoms with Crippen molar-refractivity contribution in [1.29, 1.82) is 0 Å². The number of nitrogens with zero attached hydrogens (tertiary/aromatic N) is 2. The summed E-state index contributed by atoms with van der Waals surface area (Å²) < 4.78 is 0. The zero-order chi connectivity index (χ0) is 16.9. The van der Waals surface area contributed by atoms with Crippen LogP contribution >= 0.6 is 0 Å². The van der Waals surface area contributed by atoms with E-state index in [1.165, 1.54) is 6.07 Å². The molecule has 1 amide bonds.